The van der Waals surface area contributed by atoms with E-state index >= 15 is 0 Å². The molecule has 0 N–H and O–H groups in total. The van der Waals surface area contributed by atoms with Crippen LogP contribution in [0.25, 0.3) is 0 Å². The summed E-state index contributed by atoms with van der Waals surface area (Å²) in [7, 11) is 2.99. The fourth-order valence-electron chi connectivity index (χ4n) is 0.655. The highest BCUT2D eigenvalue weighted by Gasteiger charge is 2.09. The first-order valence-electron chi connectivity index (χ1n) is 3.44. The molecule has 0 saturated heterocycles. The van der Waals surface area contributed by atoms with Crippen molar-refractivity contribution in [3.8, 4) is 6.19 Å². The summed E-state index contributed by atoms with van der Waals surface area (Å²) >= 11 is 1.30. The molecule has 0 amide bonds. The molecule has 0 aromatic heterocycles. The summed E-state index contributed by atoms with van der Waals surface area (Å²) in [6.07, 6.45) is 3.45. The van der Waals surface area contributed by atoms with E-state index < -0.39 is 0 Å². The first-order chi connectivity index (χ1) is 6.15. The first-order valence-corrected chi connectivity index (χ1v) is 4.67. The molecule has 0 aliphatic carbocycles. The molecule has 0 rings (SSSR count). The fraction of sp³-hybridized carbons (Fsp3) is 0.571. The number of amidine groups is 1. The number of likely N-dealkylation sites (N-methyl/N-ethyl adjacent to an activating group) is 1. The number of aliphatic imine (C=N–C) groups is 1. The van der Waals surface area contributed by atoms with Crippen LogP contribution in [0.3, 0.4) is 0 Å². The number of carbonyl (C=O) groups excluding carboxylic acids is 1. The number of carbonyl (C=O) groups is 1. The Bertz CT molecular complexity index is 247. The molecule has 0 aliphatic rings. The summed E-state index contributed by atoms with van der Waals surface area (Å²) < 4.78 is 4.47. The highest BCUT2D eigenvalue weighted by molar-refractivity contribution is 8.13. The molecule has 0 heterocycles. The standard InChI is InChI=1S/C7H11N3O2S/c1-10(4-6(11)12-2)7(13-3)9-5-8/h4H2,1-3H3. The van der Waals surface area contributed by atoms with Crippen LogP contribution in [-0.2, 0) is 9.53 Å². The highest BCUT2D eigenvalue weighted by atomic mass is 32.2. The summed E-state index contributed by atoms with van der Waals surface area (Å²) in [5, 5.41) is 8.81. The molecular weight excluding hydrogens is 190 g/mol. The molecule has 5 nitrogen and oxygen atoms in total. The largest absolute Gasteiger partial charge is 0.468 e. The number of nitrogens with zero attached hydrogens (tertiary/aromatic N) is 3. The van der Waals surface area contributed by atoms with Gasteiger partial charge in [-0.25, -0.2) is 0 Å². The fourth-order valence-corrected chi connectivity index (χ4v) is 1.16. The lowest BCUT2D eigenvalue weighted by Crippen LogP contribution is -2.30. The molecule has 72 valence electrons. The van der Waals surface area contributed by atoms with Gasteiger partial charge in [0.2, 0.25) is 6.19 Å². The van der Waals surface area contributed by atoms with E-state index in [4.69, 9.17) is 5.26 Å². The third-order valence-corrected chi connectivity index (χ3v) is 2.02. The number of methoxy groups -OCH3 is 1. The lowest BCUT2D eigenvalue weighted by Gasteiger charge is -2.16. The maximum Gasteiger partial charge on any atom is 0.325 e. The molecule has 0 aromatic carbocycles. The number of hydrogen-bond donors (Lipinski definition) is 0. The molecule has 0 fully saturated rings. The van der Waals surface area contributed by atoms with Crippen LogP contribution >= 0.6 is 11.8 Å². The lowest BCUT2D eigenvalue weighted by molar-refractivity contribution is -0.140. The number of rotatable bonds is 2. The minimum absolute atomic E-state index is 0.0951. The van der Waals surface area contributed by atoms with Crippen LogP contribution in [0.4, 0.5) is 0 Å². The second-order valence-electron chi connectivity index (χ2n) is 2.13. The van der Waals surface area contributed by atoms with Crippen molar-refractivity contribution in [3.63, 3.8) is 0 Å². The summed E-state index contributed by atoms with van der Waals surface area (Å²) in [4.78, 5) is 15.9. The zero-order chi connectivity index (χ0) is 10.3. The van der Waals surface area contributed by atoms with E-state index in [1.54, 1.807) is 24.4 Å². The molecule has 0 saturated carbocycles. The smallest absolute Gasteiger partial charge is 0.325 e. The van der Waals surface area contributed by atoms with Crippen molar-refractivity contribution < 1.29 is 9.53 Å². The van der Waals surface area contributed by atoms with Gasteiger partial charge in [0.25, 0.3) is 0 Å². The van der Waals surface area contributed by atoms with Gasteiger partial charge in [0.1, 0.15) is 6.54 Å². The van der Waals surface area contributed by atoms with Gasteiger partial charge in [0.05, 0.1) is 7.11 Å². The SMILES string of the molecule is COC(=O)CN(C)C(=NC#N)SC. The molecule has 0 unspecified atom stereocenters. The third-order valence-electron chi connectivity index (χ3n) is 1.25. The van der Waals surface area contributed by atoms with E-state index in [9.17, 15) is 4.79 Å². The van der Waals surface area contributed by atoms with Gasteiger partial charge < -0.3 is 9.64 Å². The first kappa shape index (κ1) is 11.8. The molecule has 0 aromatic rings. The molecule has 13 heavy (non-hydrogen) atoms. The Hall–Kier alpha value is -1.22. The van der Waals surface area contributed by atoms with Crippen molar-refractivity contribution in [2.75, 3.05) is 27.0 Å². The minimum atomic E-state index is -0.359. The number of nitriles is 1. The number of ether oxygens (including phenoxy) is 1. The Labute approximate surface area is 81.4 Å². The van der Waals surface area contributed by atoms with Crippen molar-refractivity contribution in [2.45, 2.75) is 0 Å². The van der Waals surface area contributed by atoms with E-state index in [0.717, 1.165) is 0 Å². The second-order valence-corrected chi connectivity index (χ2v) is 2.90. The van der Waals surface area contributed by atoms with Gasteiger partial charge in [-0.3, -0.25) is 4.79 Å². The van der Waals surface area contributed by atoms with Gasteiger partial charge in [-0.05, 0) is 6.26 Å². The average molecular weight is 201 g/mol. The van der Waals surface area contributed by atoms with Crippen LogP contribution in [0.2, 0.25) is 0 Å². The Morgan fingerprint density at radius 3 is 2.77 bits per heavy atom. The number of esters is 1. The van der Waals surface area contributed by atoms with Crippen LogP contribution in [-0.4, -0.2) is 43.0 Å². The molecule has 0 spiro atoms. The molecule has 0 radical (unpaired) electrons. The van der Waals surface area contributed by atoms with Gasteiger partial charge in [-0.2, -0.15) is 5.26 Å². The molecule has 0 bridgehead atoms. The maximum absolute atomic E-state index is 10.8. The van der Waals surface area contributed by atoms with E-state index in [1.807, 2.05) is 0 Å². The number of hydrogen-bond acceptors (Lipinski definition) is 5. The minimum Gasteiger partial charge on any atom is -0.468 e. The summed E-state index contributed by atoms with van der Waals surface area (Å²) in [5.74, 6) is -0.359. The Morgan fingerprint density at radius 2 is 2.38 bits per heavy atom. The zero-order valence-electron chi connectivity index (χ0n) is 7.77. The van der Waals surface area contributed by atoms with E-state index in [2.05, 4.69) is 9.73 Å². The van der Waals surface area contributed by atoms with Crippen LogP contribution in [0, 0.1) is 11.5 Å². The summed E-state index contributed by atoms with van der Waals surface area (Å²) in [6, 6.07) is 0. The van der Waals surface area contributed by atoms with Crippen molar-refractivity contribution in [3.05, 3.63) is 0 Å². The monoisotopic (exact) mass is 201 g/mol. The van der Waals surface area contributed by atoms with Gasteiger partial charge in [0.15, 0.2) is 5.17 Å². The second kappa shape index (κ2) is 6.31. The van der Waals surface area contributed by atoms with Crippen LogP contribution in [0.1, 0.15) is 0 Å². The highest BCUT2D eigenvalue weighted by Crippen LogP contribution is 2.02. The quantitative estimate of drug-likeness (QED) is 0.278. The molecule has 6 heteroatoms. The maximum atomic E-state index is 10.8. The third kappa shape index (κ3) is 4.38. The Kier molecular flexibility index (Phi) is 5.72. The van der Waals surface area contributed by atoms with Crippen molar-refractivity contribution in [1.82, 2.24) is 4.90 Å². The van der Waals surface area contributed by atoms with Gasteiger partial charge in [-0.1, -0.05) is 11.8 Å². The van der Waals surface area contributed by atoms with Crippen molar-refractivity contribution >= 4 is 22.9 Å². The van der Waals surface area contributed by atoms with Crippen LogP contribution < -0.4 is 0 Å². The van der Waals surface area contributed by atoms with Crippen LogP contribution in [0.15, 0.2) is 4.99 Å². The Morgan fingerprint density at radius 1 is 1.77 bits per heavy atom. The van der Waals surface area contributed by atoms with Gasteiger partial charge in [-0.15, -0.1) is 4.99 Å². The predicted molar refractivity (Wildman–Crippen MR) is 51.2 cm³/mol. The van der Waals surface area contributed by atoms with Crippen molar-refractivity contribution in [1.29, 1.82) is 5.26 Å². The van der Waals surface area contributed by atoms with E-state index in [0.29, 0.717) is 5.17 Å². The molecular formula is C7H11N3O2S. The normalized spacial score (nSPS) is 10.5. The van der Waals surface area contributed by atoms with Gasteiger partial charge >= 0.3 is 5.97 Å². The molecule has 0 aliphatic heterocycles. The summed E-state index contributed by atoms with van der Waals surface area (Å²) in [5.41, 5.74) is 0. The van der Waals surface area contributed by atoms with E-state index in [1.165, 1.54) is 18.9 Å². The predicted octanol–water partition coefficient (Wildman–Crippen LogP) is 0.291. The number of thioether (sulfide) groups is 1. The van der Waals surface area contributed by atoms with Crippen molar-refractivity contribution in [2.24, 2.45) is 4.99 Å². The lowest BCUT2D eigenvalue weighted by atomic mass is 10.6. The Balaban J connectivity index is 4.24. The molecule has 0 atom stereocenters. The van der Waals surface area contributed by atoms with Crippen LogP contribution in [0.5, 0.6) is 0 Å². The average Bonchev–Trinajstić information content (AvgIpc) is 2.13. The zero-order valence-corrected chi connectivity index (χ0v) is 8.59. The topological polar surface area (TPSA) is 65.7 Å². The van der Waals surface area contributed by atoms with Gasteiger partial charge in [0, 0.05) is 7.05 Å². The van der Waals surface area contributed by atoms with E-state index in [-0.39, 0.29) is 12.5 Å². The summed E-state index contributed by atoms with van der Waals surface area (Å²) in [6.45, 7) is 0.0951.